The third-order valence-electron chi connectivity index (χ3n) is 14.2. The second-order valence-electron chi connectivity index (χ2n) is 19.3. The minimum Gasteiger partial charge on any atom is -0.493 e. The van der Waals surface area contributed by atoms with Gasteiger partial charge in [0, 0.05) is 52.2 Å². The lowest BCUT2D eigenvalue weighted by atomic mass is 9.77. The van der Waals surface area contributed by atoms with E-state index in [1.165, 1.54) is 27.8 Å². The number of carboxylic acids is 4. The Balaban J connectivity index is 0.000000287. The predicted molar refractivity (Wildman–Crippen MR) is 296 cm³/mol. The van der Waals surface area contributed by atoms with Crippen molar-refractivity contribution in [2.24, 2.45) is 0 Å². The van der Waals surface area contributed by atoms with Gasteiger partial charge in [-0.05, 0) is 158 Å². The number of benzene rings is 4. The zero-order chi connectivity index (χ0) is 58.8. The Bertz CT molecular complexity index is 2850. The van der Waals surface area contributed by atoms with E-state index < -0.39 is 23.9 Å². The van der Waals surface area contributed by atoms with Crippen LogP contribution in [0.3, 0.4) is 0 Å². The van der Waals surface area contributed by atoms with Gasteiger partial charge in [0.25, 0.3) is 0 Å². The monoisotopic (exact) mass is 1120 g/mol. The number of ether oxygens (including phenoxy) is 8. The topological polar surface area (TPSA) is 270 Å². The molecule has 0 fully saturated rings. The molecule has 2 heterocycles. The molecule has 0 aromatic heterocycles. The highest BCUT2D eigenvalue weighted by Crippen LogP contribution is 2.44. The van der Waals surface area contributed by atoms with Gasteiger partial charge in [-0.15, -0.1) is 0 Å². The average Bonchev–Trinajstić information content (AvgIpc) is 3.69. The number of nitrogens with zero attached hydrogens (tertiary/aromatic N) is 4. The molecule has 4 aromatic carbocycles. The quantitative estimate of drug-likeness (QED) is 0.0784. The van der Waals surface area contributed by atoms with Gasteiger partial charge in [0.2, 0.25) is 11.8 Å². The van der Waals surface area contributed by atoms with Crippen molar-refractivity contribution in [2.75, 3.05) is 117 Å². The Morgan fingerprint density at radius 1 is 0.500 bits per heavy atom. The van der Waals surface area contributed by atoms with Crippen molar-refractivity contribution in [1.29, 1.82) is 0 Å². The van der Waals surface area contributed by atoms with Crippen molar-refractivity contribution in [2.45, 2.75) is 56.8 Å². The lowest BCUT2D eigenvalue weighted by Gasteiger charge is -2.34. The summed E-state index contributed by atoms with van der Waals surface area (Å²) in [5, 5.41) is 29.6. The van der Waals surface area contributed by atoms with E-state index in [1.807, 2.05) is 46.3 Å². The maximum atomic E-state index is 12.9. The van der Waals surface area contributed by atoms with Gasteiger partial charge in [0.05, 0.1) is 69.7 Å². The molecule has 0 spiro atoms. The Kier molecular flexibility index (Phi) is 23.2. The third-order valence-corrected chi connectivity index (χ3v) is 14.2. The van der Waals surface area contributed by atoms with Crippen LogP contribution in [0.4, 0.5) is 0 Å². The molecule has 436 valence electrons. The van der Waals surface area contributed by atoms with Crippen molar-refractivity contribution in [3.63, 3.8) is 0 Å². The molecule has 22 heteroatoms. The summed E-state index contributed by atoms with van der Waals surface area (Å²) in [6.07, 6.45) is 9.45. The highest BCUT2D eigenvalue weighted by atomic mass is 16.5. The van der Waals surface area contributed by atoms with E-state index in [9.17, 15) is 9.59 Å². The number of likely N-dealkylation sites (N-methyl/N-ethyl adjacent to an activating group) is 2. The van der Waals surface area contributed by atoms with E-state index in [0.717, 1.165) is 117 Å². The van der Waals surface area contributed by atoms with E-state index >= 15 is 0 Å². The van der Waals surface area contributed by atoms with Crippen LogP contribution in [-0.4, -0.2) is 193 Å². The van der Waals surface area contributed by atoms with Crippen molar-refractivity contribution in [3.8, 4) is 46.0 Å². The Morgan fingerprint density at radius 2 is 0.863 bits per heavy atom. The number of hydrogen-bond acceptors (Lipinski definition) is 16. The largest absolute Gasteiger partial charge is 0.493 e. The summed E-state index contributed by atoms with van der Waals surface area (Å²) in [5.41, 5.74) is 9.53. The number of hydrogen-bond donors (Lipinski definition) is 4. The van der Waals surface area contributed by atoms with E-state index in [0.29, 0.717) is 48.5 Å². The lowest BCUT2D eigenvalue weighted by molar-refractivity contribution is -0.159. The maximum Gasteiger partial charge on any atom is 0.414 e. The minimum absolute atomic E-state index is 0. The molecule has 80 heavy (non-hydrogen) atoms. The summed E-state index contributed by atoms with van der Waals surface area (Å²) in [5.74, 6) is -0.116. The Morgan fingerprint density at radius 3 is 1.29 bits per heavy atom. The van der Waals surface area contributed by atoms with Gasteiger partial charge in [0.15, 0.2) is 46.0 Å². The van der Waals surface area contributed by atoms with Crippen LogP contribution in [0.25, 0.3) is 6.08 Å². The highest BCUT2D eigenvalue weighted by molar-refractivity contribution is 6.27. The van der Waals surface area contributed by atoms with Crippen LogP contribution in [0.1, 0.15) is 70.6 Å². The maximum absolute atomic E-state index is 12.9. The van der Waals surface area contributed by atoms with Crippen LogP contribution in [0.5, 0.6) is 46.0 Å². The predicted octanol–water partition coefficient (Wildman–Crippen LogP) is 5.61. The molecule has 4 N–H and O–H groups in total. The molecule has 22 nitrogen and oxygen atoms in total. The standard InChI is InChI=1S/C27H36N2O5.C27H34N2O5.2C2H2O4.H2/c2*1-28(17-21-11-20-14-25(33-4)26(34-5)16-22(20)21)8-6-9-29-10-7-18-12-23(31-2)24(32-3)13-19(18)15-27(29)30;2*3-1(4)2(5)6;/h12-14,16,21H,6-11,15,17H2,1-5H3;7,10,12-14,16,21H,6,8-9,11,15,17H2,1-5H3;2*(H,3,4)(H,5,6);1H/t2*21-;;;/m11.../s1. The first-order valence-corrected chi connectivity index (χ1v) is 25.8. The number of carboxylic acid groups (broad SMARTS) is 4. The van der Waals surface area contributed by atoms with Crippen LogP contribution >= 0.6 is 0 Å². The third kappa shape index (κ3) is 16.4. The van der Waals surface area contributed by atoms with Gasteiger partial charge in [0.1, 0.15) is 0 Å². The van der Waals surface area contributed by atoms with Gasteiger partial charge in [-0.3, -0.25) is 9.59 Å². The van der Waals surface area contributed by atoms with Crippen LogP contribution in [0.15, 0.2) is 54.7 Å². The first-order chi connectivity index (χ1) is 38.2. The number of carbonyl (C=O) groups is 6. The number of rotatable bonds is 20. The van der Waals surface area contributed by atoms with Gasteiger partial charge in [-0.2, -0.15) is 0 Å². The Hall–Kier alpha value is -8.24. The minimum atomic E-state index is -1.82. The van der Waals surface area contributed by atoms with Crippen molar-refractivity contribution in [3.05, 3.63) is 99.2 Å². The SMILES string of the molecule is COc1cc2c(cc1OC)CC(=O)N(CCCN(C)C[C@H]1Cc3cc(OC)c(OC)cc31)C=C2.COc1cc2c(cc1OC)CC(=O)N(CCCN(C)C[C@H]1Cc3cc(OC)c(OC)cc31)CC2.O=C(O)C(=O)O.O=C(O)C(=O)O.[HH]. The average molecular weight is 1120 g/mol. The molecular formula is C58H76N4O18. The molecule has 2 atom stereocenters. The second kappa shape index (κ2) is 29.7. The van der Waals surface area contributed by atoms with Crippen LogP contribution in [0, 0.1) is 0 Å². The number of carbonyl (C=O) groups excluding carboxylic acids is 2. The van der Waals surface area contributed by atoms with Gasteiger partial charge >= 0.3 is 23.9 Å². The van der Waals surface area contributed by atoms with Crippen LogP contribution in [0.2, 0.25) is 0 Å². The lowest BCUT2D eigenvalue weighted by Crippen LogP contribution is -2.36. The number of fused-ring (bicyclic) bond motifs is 4. The number of aliphatic carboxylic acids is 4. The zero-order valence-electron chi connectivity index (χ0n) is 47.1. The molecule has 0 saturated carbocycles. The molecule has 2 aliphatic heterocycles. The van der Waals surface area contributed by atoms with Gasteiger partial charge in [-0.1, -0.05) is 0 Å². The second-order valence-corrected chi connectivity index (χ2v) is 19.3. The number of methoxy groups -OCH3 is 8. The smallest absolute Gasteiger partial charge is 0.414 e. The first-order valence-electron chi connectivity index (χ1n) is 25.8. The molecule has 0 unspecified atom stereocenters. The van der Waals surface area contributed by atoms with E-state index in [1.54, 1.807) is 56.9 Å². The summed E-state index contributed by atoms with van der Waals surface area (Å²) >= 11 is 0. The van der Waals surface area contributed by atoms with Crippen molar-refractivity contribution < 1.29 is 88.5 Å². The van der Waals surface area contributed by atoms with Gasteiger partial charge in [-0.25, -0.2) is 19.2 Å². The normalized spacial score (nSPS) is 15.3. The summed E-state index contributed by atoms with van der Waals surface area (Å²) in [6.45, 7) is 6.07. The van der Waals surface area contributed by atoms with Crippen LogP contribution in [-0.2, 0) is 60.9 Å². The Labute approximate surface area is 467 Å². The molecule has 2 aliphatic carbocycles. The molecule has 0 bridgehead atoms. The fourth-order valence-electron chi connectivity index (χ4n) is 9.99. The summed E-state index contributed by atoms with van der Waals surface area (Å²) < 4.78 is 43.4. The highest BCUT2D eigenvalue weighted by Gasteiger charge is 2.31. The molecule has 0 radical (unpaired) electrons. The van der Waals surface area contributed by atoms with E-state index in [4.69, 9.17) is 77.5 Å². The fourth-order valence-corrected chi connectivity index (χ4v) is 9.99. The molecular weight excluding hydrogens is 1040 g/mol. The molecule has 0 saturated heterocycles. The summed E-state index contributed by atoms with van der Waals surface area (Å²) in [7, 11) is 17.5. The van der Waals surface area contributed by atoms with E-state index in [2.05, 4.69) is 48.2 Å². The van der Waals surface area contributed by atoms with Crippen molar-refractivity contribution in [1.82, 2.24) is 19.6 Å². The molecule has 4 aliphatic rings. The molecule has 4 aromatic rings. The molecule has 2 amide bonds. The number of amides is 2. The van der Waals surface area contributed by atoms with E-state index in [-0.39, 0.29) is 13.2 Å². The van der Waals surface area contributed by atoms with Crippen molar-refractivity contribution >= 4 is 41.8 Å². The zero-order valence-corrected chi connectivity index (χ0v) is 47.1. The summed E-state index contributed by atoms with van der Waals surface area (Å²) in [6, 6.07) is 16.2. The van der Waals surface area contributed by atoms with Crippen LogP contribution < -0.4 is 37.9 Å². The molecule has 8 rings (SSSR count). The van der Waals surface area contributed by atoms with Gasteiger partial charge < -0.3 is 77.9 Å². The fraction of sp³-hybridized carbons (Fsp3) is 0.448. The first kappa shape index (κ1) is 62.6. The summed E-state index contributed by atoms with van der Waals surface area (Å²) in [4.78, 5) is 70.7.